The van der Waals surface area contributed by atoms with E-state index < -0.39 is 0 Å². The van der Waals surface area contributed by atoms with E-state index in [1.807, 2.05) is 0 Å². The van der Waals surface area contributed by atoms with Gasteiger partial charge in [-0.3, -0.25) is 0 Å². The smallest absolute Gasteiger partial charge is 0.0320 e. The van der Waals surface area contributed by atoms with Crippen molar-refractivity contribution in [2.75, 3.05) is 6.54 Å². The predicted molar refractivity (Wildman–Crippen MR) is 85.0 cm³/mol. The lowest BCUT2D eigenvalue weighted by Crippen LogP contribution is -2.31. The van der Waals surface area contributed by atoms with Crippen LogP contribution < -0.4 is 5.32 Å². The molecule has 0 saturated heterocycles. The minimum Gasteiger partial charge on any atom is -0.309 e. The van der Waals surface area contributed by atoms with Crippen molar-refractivity contribution in [1.29, 1.82) is 0 Å². The topological polar surface area (TPSA) is 12.0 Å². The van der Waals surface area contributed by atoms with Crippen LogP contribution in [0.15, 0.2) is 54.6 Å². The molecule has 2 aromatic rings. The molecule has 2 atom stereocenters. The lowest BCUT2D eigenvalue weighted by molar-refractivity contribution is 0.447. The maximum atomic E-state index is 3.78. The fourth-order valence-corrected chi connectivity index (χ4v) is 3.19. The van der Waals surface area contributed by atoms with Gasteiger partial charge >= 0.3 is 0 Å². The van der Waals surface area contributed by atoms with Crippen LogP contribution >= 0.6 is 0 Å². The molecule has 3 rings (SSSR count). The summed E-state index contributed by atoms with van der Waals surface area (Å²) >= 11 is 0. The van der Waals surface area contributed by atoms with Crippen molar-refractivity contribution < 1.29 is 0 Å². The van der Waals surface area contributed by atoms with Gasteiger partial charge in [0.05, 0.1) is 0 Å². The molecule has 0 radical (unpaired) electrons. The van der Waals surface area contributed by atoms with Crippen LogP contribution in [-0.2, 0) is 6.42 Å². The highest BCUT2D eigenvalue weighted by atomic mass is 14.9. The first-order chi connectivity index (χ1) is 9.88. The minimum atomic E-state index is 0.494. The standard InChI is InChI=1S/C19H23N/c1-2-8-19(15-9-4-3-5-10-15)20-14-17-13-16-11-6-7-12-18(16)17/h3-7,9-12,17,19-20H,2,8,13-14H2,1H3. The second-order valence-corrected chi connectivity index (χ2v) is 5.76. The summed E-state index contributed by atoms with van der Waals surface area (Å²) in [5.74, 6) is 0.703. The Morgan fingerprint density at radius 3 is 2.55 bits per heavy atom. The van der Waals surface area contributed by atoms with Crippen molar-refractivity contribution in [3.05, 3.63) is 71.3 Å². The Kier molecular flexibility index (Phi) is 4.17. The summed E-state index contributed by atoms with van der Waals surface area (Å²) in [5.41, 5.74) is 4.50. The minimum absolute atomic E-state index is 0.494. The van der Waals surface area contributed by atoms with Gasteiger partial charge in [0.1, 0.15) is 0 Å². The average Bonchev–Trinajstić information content (AvgIpc) is 2.48. The lowest BCUT2D eigenvalue weighted by Gasteiger charge is -2.32. The fourth-order valence-electron chi connectivity index (χ4n) is 3.19. The molecule has 1 heteroatoms. The Labute approximate surface area is 122 Å². The molecule has 0 amide bonds. The van der Waals surface area contributed by atoms with E-state index in [9.17, 15) is 0 Å². The SMILES string of the molecule is CCCC(NCC1Cc2ccccc21)c1ccccc1. The second-order valence-electron chi connectivity index (χ2n) is 5.76. The van der Waals surface area contributed by atoms with Crippen LogP contribution in [0.4, 0.5) is 0 Å². The molecule has 1 aliphatic carbocycles. The number of rotatable bonds is 6. The van der Waals surface area contributed by atoms with Gasteiger partial charge in [-0.1, -0.05) is 67.9 Å². The monoisotopic (exact) mass is 265 g/mol. The van der Waals surface area contributed by atoms with Gasteiger partial charge in [-0.25, -0.2) is 0 Å². The van der Waals surface area contributed by atoms with Crippen molar-refractivity contribution in [1.82, 2.24) is 5.32 Å². The van der Waals surface area contributed by atoms with Crippen LogP contribution in [0.5, 0.6) is 0 Å². The van der Waals surface area contributed by atoms with Gasteiger partial charge < -0.3 is 5.32 Å². The maximum Gasteiger partial charge on any atom is 0.0320 e. The van der Waals surface area contributed by atoms with E-state index in [1.54, 1.807) is 5.56 Å². The molecule has 0 heterocycles. The quantitative estimate of drug-likeness (QED) is 0.813. The van der Waals surface area contributed by atoms with Crippen molar-refractivity contribution in [2.24, 2.45) is 0 Å². The zero-order valence-corrected chi connectivity index (χ0v) is 12.2. The Balaban J connectivity index is 1.62. The van der Waals surface area contributed by atoms with Gasteiger partial charge in [0.25, 0.3) is 0 Å². The zero-order chi connectivity index (χ0) is 13.8. The molecule has 1 nitrogen and oxygen atoms in total. The fraction of sp³-hybridized carbons (Fsp3) is 0.368. The van der Waals surface area contributed by atoms with E-state index >= 15 is 0 Å². The summed E-state index contributed by atoms with van der Waals surface area (Å²) in [6.45, 7) is 3.35. The van der Waals surface area contributed by atoms with Gasteiger partial charge in [0, 0.05) is 18.5 Å². The molecular weight excluding hydrogens is 242 g/mol. The molecule has 104 valence electrons. The summed E-state index contributed by atoms with van der Waals surface area (Å²) in [6, 6.07) is 20.2. The Morgan fingerprint density at radius 2 is 1.80 bits per heavy atom. The number of hydrogen-bond acceptors (Lipinski definition) is 1. The van der Waals surface area contributed by atoms with Gasteiger partial charge in [0.2, 0.25) is 0 Å². The van der Waals surface area contributed by atoms with Crippen molar-refractivity contribution in [3.63, 3.8) is 0 Å². The third-order valence-corrected chi connectivity index (χ3v) is 4.35. The molecule has 0 aliphatic heterocycles. The number of fused-ring (bicyclic) bond motifs is 1. The molecule has 1 aliphatic rings. The molecule has 2 aromatic carbocycles. The molecule has 0 aromatic heterocycles. The van der Waals surface area contributed by atoms with Crippen molar-refractivity contribution in [3.8, 4) is 0 Å². The highest BCUT2D eigenvalue weighted by Crippen LogP contribution is 2.34. The first-order valence-electron chi connectivity index (χ1n) is 7.74. The van der Waals surface area contributed by atoms with Crippen LogP contribution in [0.2, 0.25) is 0 Å². The third-order valence-electron chi connectivity index (χ3n) is 4.35. The zero-order valence-electron chi connectivity index (χ0n) is 12.2. The van der Waals surface area contributed by atoms with E-state index in [-0.39, 0.29) is 0 Å². The van der Waals surface area contributed by atoms with Crippen LogP contribution in [0.1, 0.15) is 48.4 Å². The van der Waals surface area contributed by atoms with Crippen molar-refractivity contribution in [2.45, 2.75) is 38.1 Å². The molecule has 0 bridgehead atoms. The maximum absolute atomic E-state index is 3.78. The number of nitrogens with one attached hydrogen (secondary N) is 1. The summed E-state index contributed by atoms with van der Waals surface area (Å²) < 4.78 is 0. The summed E-state index contributed by atoms with van der Waals surface area (Å²) in [7, 11) is 0. The predicted octanol–water partition coefficient (Wildman–Crippen LogP) is 4.46. The normalized spacial score (nSPS) is 18.1. The average molecular weight is 265 g/mol. The van der Waals surface area contributed by atoms with Gasteiger partial charge in [-0.05, 0) is 29.5 Å². The number of benzene rings is 2. The third kappa shape index (κ3) is 2.78. The van der Waals surface area contributed by atoms with Gasteiger partial charge in [0.15, 0.2) is 0 Å². The van der Waals surface area contributed by atoms with Crippen LogP contribution in [0.3, 0.4) is 0 Å². The second kappa shape index (κ2) is 6.23. The van der Waals surface area contributed by atoms with Crippen molar-refractivity contribution >= 4 is 0 Å². The molecule has 20 heavy (non-hydrogen) atoms. The highest BCUT2D eigenvalue weighted by Gasteiger charge is 2.25. The first kappa shape index (κ1) is 13.4. The van der Waals surface area contributed by atoms with Crippen LogP contribution in [-0.4, -0.2) is 6.54 Å². The van der Waals surface area contributed by atoms with E-state index in [2.05, 4.69) is 66.8 Å². The molecular formula is C19H23N. The van der Waals surface area contributed by atoms with Gasteiger partial charge in [-0.15, -0.1) is 0 Å². The highest BCUT2D eigenvalue weighted by molar-refractivity contribution is 5.40. The van der Waals surface area contributed by atoms with Gasteiger partial charge in [-0.2, -0.15) is 0 Å². The molecule has 0 saturated carbocycles. The Hall–Kier alpha value is -1.60. The lowest BCUT2D eigenvalue weighted by atomic mass is 9.77. The summed E-state index contributed by atoms with van der Waals surface area (Å²) in [4.78, 5) is 0. The summed E-state index contributed by atoms with van der Waals surface area (Å²) in [5, 5.41) is 3.78. The first-order valence-corrected chi connectivity index (χ1v) is 7.74. The van der Waals surface area contributed by atoms with E-state index in [1.165, 1.54) is 30.4 Å². The van der Waals surface area contributed by atoms with E-state index in [0.717, 1.165) is 6.54 Å². The molecule has 1 N–H and O–H groups in total. The molecule has 2 unspecified atom stereocenters. The largest absolute Gasteiger partial charge is 0.309 e. The van der Waals surface area contributed by atoms with Crippen LogP contribution in [0, 0.1) is 0 Å². The molecule has 0 spiro atoms. The Bertz CT molecular complexity index is 547. The van der Waals surface area contributed by atoms with Crippen LogP contribution in [0.25, 0.3) is 0 Å². The Morgan fingerprint density at radius 1 is 1.05 bits per heavy atom. The number of hydrogen-bond donors (Lipinski definition) is 1. The molecule has 0 fully saturated rings. The van der Waals surface area contributed by atoms with E-state index in [0.29, 0.717) is 12.0 Å². The van der Waals surface area contributed by atoms with E-state index in [4.69, 9.17) is 0 Å². The summed E-state index contributed by atoms with van der Waals surface area (Å²) in [6.07, 6.45) is 3.66.